The van der Waals surface area contributed by atoms with Crippen LogP contribution in [0.15, 0.2) is 36.5 Å². The molecule has 1 aliphatic heterocycles. The smallest absolute Gasteiger partial charge is 0.143 e. The van der Waals surface area contributed by atoms with E-state index in [0.717, 1.165) is 29.8 Å². The first-order chi connectivity index (χ1) is 9.16. The number of halogens is 1. The Kier molecular flexibility index (Phi) is 2.91. The van der Waals surface area contributed by atoms with Crippen molar-refractivity contribution >= 4 is 28.7 Å². The lowest BCUT2D eigenvalue weighted by atomic mass is 10.1. The molecule has 0 unspecified atom stereocenters. The third-order valence-corrected chi connectivity index (χ3v) is 3.47. The van der Waals surface area contributed by atoms with Crippen molar-refractivity contribution in [2.45, 2.75) is 6.42 Å². The van der Waals surface area contributed by atoms with Crippen LogP contribution in [0.4, 0.5) is 15.9 Å². The minimum absolute atomic E-state index is 0.251. The Morgan fingerprint density at radius 3 is 3.00 bits per heavy atom. The Hall–Kier alpha value is -2.01. The van der Waals surface area contributed by atoms with Crippen molar-refractivity contribution in [1.29, 1.82) is 0 Å². The fraction of sp³-hybridized carbons (Fsp3) is 0.143. The van der Waals surface area contributed by atoms with Crippen molar-refractivity contribution in [3.8, 4) is 0 Å². The summed E-state index contributed by atoms with van der Waals surface area (Å²) in [6, 6.07) is 8.45. The molecule has 2 N–H and O–H groups in total. The van der Waals surface area contributed by atoms with Gasteiger partial charge >= 0.3 is 0 Å². The topological polar surface area (TPSA) is 42.1 Å². The van der Waals surface area contributed by atoms with Crippen LogP contribution in [0, 0.1) is 5.82 Å². The van der Waals surface area contributed by atoms with E-state index in [-0.39, 0.29) is 5.82 Å². The van der Waals surface area contributed by atoms with Gasteiger partial charge < -0.3 is 10.6 Å². The second-order valence-electron chi connectivity index (χ2n) is 4.41. The zero-order chi connectivity index (χ0) is 13.4. The first kappa shape index (κ1) is 12.0. The predicted octanol–water partition coefficient (Wildman–Crippen LogP) is 2.55. The third kappa shape index (κ3) is 2.06. The standard InChI is InChI=1S/C14H12FN3S/c15-10-4-3-9-5-7-18(12(9)8-10)14-11(13(16)19)2-1-6-17-14/h1-4,6,8H,5,7H2,(H2,16,19). The number of thiocarbonyl (C=S) groups is 1. The van der Waals surface area contributed by atoms with Crippen molar-refractivity contribution in [3.05, 3.63) is 53.5 Å². The van der Waals surface area contributed by atoms with E-state index in [9.17, 15) is 4.39 Å². The average Bonchev–Trinajstić information content (AvgIpc) is 2.81. The highest BCUT2D eigenvalue weighted by molar-refractivity contribution is 7.80. The van der Waals surface area contributed by atoms with Gasteiger partial charge in [0.2, 0.25) is 0 Å². The number of nitrogens with two attached hydrogens (primary N) is 1. The number of fused-ring (bicyclic) bond motifs is 1. The summed E-state index contributed by atoms with van der Waals surface area (Å²) in [6.07, 6.45) is 2.55. The Bertz CT molecular complexity index is 657. The molecule has 0 saturated carbocycles. The summed E-state index contributed by atoms with van der Waals surface area (Å²) in [7, 11) is 0. The van der Waals surface area contributed by atoms with Crippen LogP contribution < -0.4 is 10.6 Å². The molecular weight excluding hydrogens is 261 g/mol. The monoisotopic (exact) mass is 273 g/mol. The molecule has 0 aliphatic carbocycles. The first-order valence-corrected chi connectivity index (χ1v) is 6.38. The van der Waals surface area contributed by atoms with Crippen LogP contribution in [0.25, 0.3) is 0 Å². The normalized spacial score (nSPS) is 13.4. The number of hydrogen-bond acceptors (Lipinski definition) is 3. The highest BCUT2D eigenvalue weighted by Crippen LogP contribution is 2.35. The molecule has 2 aromatic rings. The van der Waals surface area contributed by atoms with Crippen LogP contribution in [0.1, 0.15) is 11.1 Å². The van der Waals surface area contributed by atoms with Crippen molar-refractivity contribution in [3.63, 3.8) is 0 Å². The fourth-order valence-electron chi connectivity index (χ4n) is 2.38. The molecule has 0 radical (unpaired) electrons. The van der Waals surface area contributed by atoms with Crippen molar-refractivity contribution in [1.82, 2.24) is 4.98 Å². The molecular formula is C14H12FN3S. The van der Waals surface area contributed by atoms with Gasteiger partial charge in [-0.15, -0.1) is 0 Å². The van der Waals surface area contributed by atoms with Gasteiger partial charge in [0.1, 0.15) is 16.6 Å². The van der Waals surface area contributed by atoms with Gasteiger partial charge in [0, 0.05) is 18.4 Å². The lowest BCUT2D eigenvalue weighted by Crippen LogP contribution is -2.21. The van der Waals surface area contributed by atoms with E-state index in [1.807, 2.05) is 17.0 Å². The number of nitrogens with zero attached hydrogens (tertiary/aromatic N) is 2. The number of aromatic nitrogens is 1. The molecule has 0 fully saturated rings. The highest BCUT2D eigenvalue weighted by atomic mass is 32.1. The average molecular weight is 273 g/mol. The molecule has 0 atom stereocenters. The Morgan fingerprint density at radius 2 is 2.21 bits per heavy atom. The Balaban J connectivity index is 2.11. The van der Waals surface area contributed by atoms with Crippen LogP contribution >= 0.6 is 12.2 Å². The van der Waals surface area contributed by atoms with Crippen molar-refractivity contribution in [2.75, 3.05) is 11.4 Å². The maximum atomic E-state index is 13.4. The van der Waals surface area contributed by atoms with Crippen molar-refractivity contribution < 1.29 is 4.39 Å². The summed E-state index contributed by atoms with van der Waals surface area (Å²) in [4.78, 5) is 6.61. The molecule has 1 aromatic carbocycles. The van der Waals surface area contributed by atoms with Crippen LogP contribution in [-0.2, 0) is 6.42 Å². The molecule has 3 nitrogen and oxygen atoms in total. The molecule has 1 aromatic heterocycles. The van der Waals surface area contributed by atoms with Gasteiger partial charge in [0.05, 0.1) is 5.56 Å². The summed E-state index contributed by atoms with van der Waals surface area (Å²) in [5.41, 5.74) is 8.40. The number of pyridine rings is 1. The summed E-state index contributed by atoms with van der Waals surface area (Å²) < 4.78 is 13.4. The third-order valence-electron chi connectivity index (χ3n) is 3.25. The van der Waals surface area contributed by atoms with Gasteiger partial charge in [0.25, 0.3) is 0 Å². The molecule has 96 valence electrons. The number of anilines is 2. The zero-order valence-corrected chi connectivity index (χ0v) is 11.0. The van der Waals surface area contributed by atoms with E-state index < -0.39 is 0 Å². The molecule has 0 spiro atoms. The summed E-state index contributed by atoms with van der Waals surface area (Å²) in [5.74, 6) is 0.442. The van der Waals surface area contributed by atoms with E-state index >= 15 is 0 Å². The summed E-state index contributed by atoms with van der Waals surface area (Å²) >= 11 is 5.05. The van der Waals surface area contributed by atoms with Gasteiger partial charge in [-0.1, -0.05) is 18.3 Å². The van der Waals surface area contributed by atoms with Crippen LogP contribution in [0.5, 0.6) is 0 Å². The van der Waals surface area contributed by atoms with E-state index in [1.165, 1.54) is 12.1 Å². The van der Waals surface area contributed by atoms with Gasteiger partial charge in [-0.25, -0.2) is 9.37 Å². The summed E-state index contributed by atoms with van der Waals surface area (Å²) in [6.45, 7) is 0.755. The Labute approximate surface area is 115 Å². The molecule has 5 heteroatoms. The molecule has 0 bridgehead atoms. The minimum Gasteiger partial charge on any atom is -0.389 e. The largest absolute Gasteiger partial charge is 0.389 e. The minimum atomic E-state index is -0.251. The van der Waals surface area contributed by atoms with Crippen molar-refractivity contribution in [2.24, 2.45) is 5.73 Å². The van der Waals surface area contributed by atoms with Gasteiger partial charge in [0.15, 0.2) is 0 Å². The SMILES string of the molecule is NC(=S)c1cccnc1N1CCc2ccc(F)cc21. The van der Waals surface area contributed by atoms with Crippen LogP contribution in [0.2, 0.25) is 0 Å². The first-order valence-electron chi connectivity index (χ1n) is 5.97. The molecule has 2 heterocycles. The van der Waals surface area contributed by atoms with Gasteiger partial charge in [-0.05, 0) is 36.2 Å². The van der Waals surface area contributed by atoms with Gasteiger partial charge in [-0.2, -0.15) is 0 Å². The quantitative estimate of drug-likeness (QED) is 0.854. The molecule has 19 heavy (non-hydrogen) atoms. The lowest BCUT2D eigenvalue weighted by molar-refractivity contribution is 0.628. The molecule has 3 rings (SSSR count). The predicted molar refractivity (Wildman–Crippen MR) is 77.2 cm³/mol. The maximum Gasteiger partial charge on any atom is 0.143 e. The molecule has 1 aliphatic rings. The second kappa shape index (κ2) is 4.59. The molecule has 0 amide bonds. The number of hydrogen-bond donors (Lipinski definition) is 1. The van der Waals surface area contributed by atoms with E-state index in [4.69, 9.17) is 18.0 Å². The zero-order valence-electron chi connectivity index (χ0n) is 10.1. The lowest BCUT2D eigenvalue weighted by Gasteiger charge is -2.20. The van der Waals surface area contributed by atoms with E-state index in [0.29, 0.717) is 10.8 Å². The number of benzene rings is 1. The Morgan fingerprint density at radius 1 is 1.37 bits per heavy atom. The second-order valence-corrected chi connectivity index (χ2v) is 4.85. The maximum absolute atomic E-state index is 13.4. The van der Waals surface area contributed by atoms with Crippen LogP contribution in [-0.4, -0.2) is 16.5 Å². The number of rotatable bonds is 2. The van der Waals surface area contributed by atoms with Gasteiger partial charge in [-0.3, -0.25) is 0 Å². The van der Waals surface area contributed by atoms with Crippen LogP contribution in [0.3, 0.4) is 0 Å². The fourth-order valence-corrected chi connectivity index (χ4v) is 2.54. The summed E-state index contributed by atoms with van der Waals surface area (Å²) in [5, 5.41) is 0. The van der Waals surface area contributed by atoms with E-state index in [1.54, 1.807) is 12.3 Å². The molecule has 0 saturated heterocycles. The van der Waals surface area contributed by atoms with E-state index in [2.05, 4.69) is 4.98 Å². The highest BCUT2D eigenvalue weighted by Gasteiger charge is 2.24.